The van der Waals surface area contributed by atoms with Gasteiger partial charge in [-0.1, -0.05) is 30.3 Å². The molecule has 1 fully saturated rings. The first-order valence-corrected chi connectivity index (χ1v) is 15.0. The van der Waals surface area contributed by atoms with E-state index in [2.05, 4.69) is 39.1 Å². The third-order valence-corrected chi connectivity index (χ3v) is 6.95. The van der Waals surface area contributed by atoms with Gasteiger partial charge in [0.05, 0.1) is 13.1 Å². The van der Waals surface area contributed by atoms with Gasteiger partial charge in [-0.25, -0.2) is 14.6 Å². The van der Waals surface area contributed by atoms with E-state index >= 15 is 0 Å². The minimum Gasteiger partial charge on any atom is -0.489 e. The molecular formula is C33H39N5O7. The van der Waals surface area contributed by atoms with Crippen LogP contribution in [0.25, 0.3) is 11.1 Å². The van der Waals surface area contributed by atoms with E-state index in [-0.39, 0.29) is 24.7 Å². The molecule has 2 aliphatic rings. The second kappa shape index (κ2) is 13.9. The molecular weight excluding hydrogens is 578 g/mol. The van der Waals surface area contributed by atoms with Crippen LogP contribution in [-0.2, 0) is 20.8 Å². The van der Waals surface area contributed by atoms with Crippen molar-refractivity contribution in [2.24, 2.45) is 0 Å². The van der Waals surface area contributed by atoms with Crippen LogP contribution >= 0.6 is 0 Å². The minimum atomic E-state index is -0.556. The van der Waals surface area contributed by atoms with Gasteiger partial charge in [0.25, 0.3) is 5.91 Å². The van der Waals surface area contributed by atoms with E-state index in [0.29, 0.717) is 55.7 Å². The van der Waals surface area contributed by atoms with Crippen LogP contribution in [0.5, 0.6) is 11.5 Å². The molecule has 12 heteroatoms. The first-order valence-electron chi connectivity index (χ1n) is 15.0. The average molecular weight is 618 g/mol. The van der Waals surface area contributed by atoms with E-state index in [0.717, 1.165) is 16.7 Å². The zero-order chi connectivity index (χ0) is 32.0. The van der Waals surface area contributed by atoms with Crippen molar-refractivity contribution in [2.75, 3.05) is 36.5 Å². The Bertz CT molecular complexity index is 1540. The van der Waals surface area contributed by atoms with Crippen LogP contribution in [-0.4, -0.2) is 67.1 Å². The number of carbonyl (C=O) groups excluding carboxylic acids is 3. The molecule has 238 valence electrons. The van der Waals surface area contributed by atoms with E-state index in [1.54, 1.807) is 12.1 Å². The molecule has 0 saturated carbocycles. The molecule has 3 aromatic rings. The quantitative estimate of drug-likeness (QED) is 0.257. The number of hydrogen-bond donors (Lipinski definition) is 3. The summed E-state index contributed by atoms with van der Waals surface area (Å²) in [6.07, 6.45) is -0.847. The maximum atomic E-state index is 12.5. The fourth-order valence-electron chi connectivity index (χ4n) is 4.88. The van der Waals surface area contributed by atoms with Gasteiger partial charge in [0.1, 0.15) is 29.4 Å². The Hall–Kier alpha value is -4.84. The molecule has 0 aliphatic carbocycles. The van der Waals surface area contributed by atoms with Crippen molar-refractivity contribution < 1.29 is 33.3 Å². The number of nitrogens with zero attached hydrogens (tertiary/aromatic N) is 2. The second-order valence-electron chi connectivity index (χ2n) is 12.0. The first kappa shape index (κ1) is 31.6. The van der Waals surface area contributed by atoms with Crippen LogP contribution in [0.15, 0.2) is 60.7 Å². The van der Waals surface area contributed by atoms with Crippen LogP contribution in [0.1, 0.15) is 39.7 Å². The van der Waals surface area contributed by atoms with Crippen molar-refractivity contribution in [3.63, 3.8) is 0 Å². The first-order chi connectivity index (χ1) is 21.5. The molecule has 3 N–H and O–H groups in total. The van der Waals surface area contributed by atoms with Gasteiger partial charge in [0.2, 0.25) is 0 Å². The monoisotopic (exact) mass is 617 g/mol. The molecule has 3 amide bonds. The fourth-order valence-corrected chi connectivity index (χ4v) is 4.88. The standard InChI is InChI=1S/C33H39N5O7/c1-21(17-35-31(40)45-33(2,3)4)43-25-10-6-9-24(16-25)23-8-5-7-22(15-23)18-34-14-13-26-19-38(32(41)44-26)28-12-11-27-30(36-28)37-29(39)20-42-27/h5-12,15-16,21,26,34H,13-14,17-20H2,1-4H3,(H,35,40)(H,36,37,39)/t21?,26-/m0/s1. The summed E-state index contributed by atoms with van der Waals surface area (Å²) in [6, 6.07) is 19.5. The molecule has 2 aliphatic heterocycles. The highest BCUT2D eigenvalue weighted by Crippen LogP contribution is 2.30. The van der Waals surface area contributed by atoms with E-state index in [1.807, 2.05) is 58.0 Å². The van der Waals surface area contributed by atoms with Crippen molar-refractivity contribution in [3.05, 3.63) is 66.2 Å². The number of carbonyl (C=O) groups is 3. The lowest BCUT2D eigenvalue weighted by Crippen LogP contribution is -2.37. The van der Waals surface area contributed by atoms with E-state index in [4.69, 9.17) is 18.9 Å². The molecule has 3 heterocycles. The molecule has 1 aromatic heterocycles. The van der Waals surface area contributed by atoms with Crippen LogP contribution in [0.2, 0.25) is 0 Å². The highest BCUT2D eigenvalue weighted by molar-refractivity contribution is 5.95. The average Bonchev–Trinajstić information content (AvgIpc) is 3.37. The van der Waals surface area contributed by atoms with E-state index in [9.17, 15) is 14.4 Å². The number of hydrogen-bond acceptors (Lipinski definition) is 9. The Balaban J connectivity index is 1.08. The van der Waals surface area contributed by atoms with E-state index in [1.165, 1.54) is 4.90 Å². The zero-order valence-electron chi connectivity index (χ0n) is 25.9. The van der Waals surface area contributed by atoms with Gasteiger partial charge < -0.3 is 34.9 Å². The van der Waals surface area contributed by atoms with Crippen LogP contribution in [0.4, 0.5) is 21.2 Å². The topological polar surface area (TPSA) is 140 Å². The summed E-state index contributed by atoms with van der Waals surface area (Å²) in [5.41, 5.74) is 2.63. The maximum absolute atomic E-state index is 12.5. The smallest absolute Gasteiger partial charge is 0.415 e. The lowest BCUT2D eigenvalue weighted by molar-refractivity contribution is -0.118. The molecule has 0 radical (unpaired) electrons. The lowest BCUT2D eigenvalue weighted by Gasteiger charge is -2.21. The molecule has 12 nitrogen and oxygen atoms in total. The van der Waals surface area contributed by atoms with Gasteiger partial charge >= 0.3 is 12.2 Å². The Morgan fingerprint density at radius 3 is 2.69 bits per heavy atom. The SMILES string of the molecule is CC(CNC(=O)OC(C)(C)C)Oc1cccc(-c2cccc(CNCC[C@H]3CN(c4ccc5c(n4)NC(=O)CO5)C(=O)O3)c2)c1. The number of fused-ring (bicyclic) bond motifs is 1. The summed E-state index contributed by atoms with van der Waals surface area (Å²) >= 11 is 0. The van der Waals surface area contributed by atoms with Crippen molar-refractivity contribution >= 4 is 29.7 Å². The molecule has 1 saturated heterocycles. The van der Waals surface area contributed by atoms with Crippen molar-refractivity contribution in [3.8, 4) is 22.6 Å². The third-order valence-electron chi connectivity index (χ3n) is 6.95. The summed E-state index contributed by atoms with van der Waals surface area (Å²) in [5, 5.41) is 8.84. The van der Waals surface area contributed by atoms with Gasteiger partial charge in [0.15, 0.2) is 18.2 Å². The molecule has 0 bridgehead atoms. The summed E-state index contributed by atoms with van der Waals surface area (Å²) in [5.74, 6) is 1.59. The van der Waals surface area contributed by atoms with E-state index < -0.39 is 17.8 Å². The van der Waals surface area contributed by atoms with Crippen LogP contribution in [0, 0.1) is 0 Å². The summed E-state index contributed by atoms with van der Waals surface area (Å²) in [4.78, 5) is 41.9. The summed E-state index contributed by atoms with van der Waals surface area (Å²) in [6.45, 7) is 9.28. The molecule has 45 heavy (non-hydrogen) atoms. The third kappa shape index (κ3) is 8.85. The number of rotatable bonds is 11. The number of pyridine rings is 1. The Morgan fingerprint density at radius 1 is 1.11 bits per heavy atom. The molecule has 0 spiro atoms. The number of nitrogens with one attached hydrogen (secondary N) is 3. The Kier molecular flexibility index (Phi) is 9.72. The lowest BCUT2D eigenvalue weighted by atomic mass is 10.0. The second-order valence-corrected chi connectivity index (χ2v) is 12.0. The largest absolute Gasteiger partial charge is 0.489 e. The van der Waals surface area contributed by atoms with Crippen LogP contribution < -0.4 is 30.3 Å². The predicted molar refractivity (Wildman–Crippen MR) is 169 cm³/mol. The summed E-state index contributed by atoms with van der Waals surface area (Å²) < 4.78 is 22.2. The van der Waals surface area contributed by atoms with Crippen LogP contribution in [0.3, 0.4) is 0 Å². The van der Waals surface area contributed by atoms with Gasteiger partial charge in [-0.15, -0.1) is 0 Å². The number of benzene rings is 2. The molecule has 1 unspecified atom stereocenters. The highest BCUT2D eigenvalue weighted by atomic mass is 16.6. The maximum Gasteiger partial charge on any atom is 0.415 e. The van der Waals surface area contributed by atoms with Crippen molar-refractivity contribution in [2.45, 2.75) is 58.5 Å². The number of cyclic esters (lactones) is 1. The van der Waals surface area contributed by atoms with Gasteiger partial charge in [-0.3, -0.25) is 9.69 Å². The Labute approximate surface area is 262 Å². The highest BCUT2D eigenvalue weighted by Gasteiger charge is 2.33. The fraction of sp³-hybridized carbons (Fsp3) is 0.394. The normalized spacial score (nSPS) is 16.6. The minimum absolute atomic E-state index is 0.0569. The predicted octanol–water partition coefficient (Wildman–Crippen LogP) is 4.88. The van der Waals surface area contributed by atoms with Gasteiger partial charge in [-0.2, -0.15) is 0 Å². The zero-order valence-corrected chi connectivity index (χ0v) is 25.9. The van der Waals surface area contributed by atoms with Gasteiger partial charge in [0, 0.05) is 6.54 Å². The summed E-state index contributed by atoms with van der Waals surface area (Å²) in [7, 11) is 0. The number of anilines is 2. The number of ether oxygens (including phenoxy) is 4. The van der Waals surface area contributed by atoms with Crippen molar-refractivity contribution in [1.29, 1.82) is 0 Å². The number of alkyl carbamates (subject to hydrolysis) is 1. The molecule has 2 aromatic carbocycles. The van der Waals surface area contributed by atoms with Gasteiger partial charge in [-0.05, 0) is 87.7 Å². The number of amides is 3. The van der Waals surface area contributed by atoms with Crippen molar-refractivity contribution in [1.82, 2.24) is 15.6 Å². The molecule has 2 atom stereocenters. The number of aromatic nitrogens is 1. The Morgan fingerprint density at radius 2 is 1.89 bits per heavy atom. The molecule has 5 rings (SSSR count).